The summed E-state index contributed by atoms with van der Waals surface area (Å²) >= 11 is 0. The zero-order chi connectivity index (χ0) is 25.9. The minimum atomic E-state index is -0.429. The van der Waals surface area contributed by atoms with Gasteiger partial charge in [0, 0.05) is 29.5 Å². The van der Waals surface area contributed by atoms with Crippen molar-refractivity contribution in [3.63, 3.8) is 0 Å². The van der Waals surface area contributed by atoms with Crippen LogP contribution >= 0.6 is 0 Å². The van der Waals surface area contributed by atoms with E-state index in [1.54, 1.807) is 18.5 Å². The van der Waals surface area contributed by atoms with E-state index in [9.17, 15) is 4.39 Å². The van der Waals surface area contributed by atoms with Crippen molar-refractivity contribution >= 4 is 22.5 Å². The van der Waals surface area contributed by atoms with Gasteiger partial charge in [-0.2, -0.15) is 0 Å². The lowest BCUT2D eigenvalue weighted by Crippen LogP contribution is -2.35. The van der Waals surface area contributed by atoms with Crippen LogP contribution in [0.15, 0.2) is 49.1 Å². The maximum Gasteiger partial charge on any atom is 0.167 e. The topological polar surface area (TPSA) is 88.5 Å². The molecule has 196 valence electrons. The summed E-state index contributed by atoms with van der Waals surface area (Å²) in [7, 11) is 0. The SMILES string of the molecule is C[C@@H]1CNCC[C@H]1CCCc1nc(-c2ccnc(Nc3ncccc3F)c2)nc2cncc(C3CCC3)c12. The lowest BCUT2D eigenvalue weighted by Gasteiger charge is -2.29. The van der Waals surface area contributed by atoms with Gasteiger partial charge in [0.1, 0.15) is 5.82 Å². The van der Waals surface area contributed by atoms with Crippen LogP contribution in [0.25, 0.3) is 22.3 Å². The van der Waals surface area contributed by atoms with E-state index in [2.05, 4.69) is 32.5 Å². The number of nitrogens with one attached hydrogen (secondary N) is 2. The fraction of sp³-hybridized carbons (Fsp3) is 0.433. The third kappa shape index (κ3) is 5.23. The Morgan fingerprint density at radius 1 is 1.08 bits per heavy atom. The van der Waals surface area contributed by atoms with E-state index in [1.807, 2.05) is 24.5 Å². The molecule has 0 unspecified atom stereocenters. The lowest BCUT2D eigenvalue weighted by molar-refractivity contribution is 0.254. The van der Waals surface area contributed by atoms with Crippen molar-refractivity contribution < 1.29 is 4.39 Å². The molecule has 4 aromatic rings. The van der Waals surface area contributed by atoms with Crippen molar-refractivity contribution in [2.24, 2.45) is 11.8 Å². The van der Waals surface area contributed by atoms with E-state index in [0.29, 0.717) is 23.5 Å². The Morgan fingerprint density at radius 3 is 2.82 bits per heavy atom. The van der Waals surface area contributed by atoms with Gasteiger partial charge in [0.2, 0.25) is 0 Å². The molecule has 0 radical (unpaired) electrons. The van der Waals surface area contributed by atoms with Crippen molar-refractivity contribution in [3.05, 3.63) is 66.1 Å². The number of aryl methyl sites for hydroxylation is 1. The third-order valence-electron chi connectivity index (χ3n) is 8.23. The minimum absolute atomic E-state index is 0.138. The summed E-state index contributed by atoms with van der Waals surface area (Å²) < 4.78 is 14.2. The molecule has 2 aliphatic rings. The molecule has 5 heterocycles. The number of fused-ring (bicyclic) bond motifs is 1. The van der Waals surface area contributed by atoms with E-state index in [4.69, 9.17) is 9.97 Å². The molecule has 4 aromatic heterocycles. The molecule has 6 rings (SSSR count). The van der Waals surface area contributed by atoms with Crippen LogP contribution in [0, 0.1) is 17.7 Å². The summed E-state index contributed by atoms with van der Waals surface area (Å²) in [4.78, 5) is 23.1. The molecule has 2 atom stereocenters. The number of pyridine rings is 3. The molecular formula is C30H34FN7. The molecular weight excluding hydrogens is 477 g/mol. The Morgan fingerprint density at radius 2 is 2.00 bits per heavy atom. The molecule has 1 saturated carbocycles. The van der Waals surface area contributed by atoms with Crippen LogP contribution in [0.1, 0.15) is 62.6 Å². The molecule has 2 fully saturated rings. The van der Waals surface area contributed by atoms with Gasteiger partial charge in [0.15, 0.2) is 17.5 Å². The van der Waals surface area contributed by atoms with Gasteiger partial charge in [0.25, 0.3) is 0 Å². The number of nitrogens with zero attached hydrogens (tertiary/aromatic N) is 5. The van der Waals surface area contributed by atoms with Gasteiger partial charge in [-0.15, -0.1) is 0 Å². The van der Waals surface area contributed by atoms with Gasteiger partial charge >= 0.3 is 0 Å². The van der Waals surface area contributed by atoms with E-state index in [-0.39, 0.29) is 5.82 Å². The molecule has 0 aromatic carbocycles. The van der Waals surface area contributed by atoms with E-state index < -0.39 is 5.82 Å². The number of halogens is 1. The molecule has 1 aliphatic carbocycles. The molecule has 7 nitrogen and oxygen atoms in total. The highest BCUT2D eigenvalue weighted by atomic mass is 19.1. The predicted molar refractivity (Wildman–Crippen MR) is 148 cm³/mol. The van der Waals surface area contributed by atoms with Crippen LogP contribution < -0.4 is 10.6 Å². The molecule has 8 heteroatoms. The van der Waals surface area contributed by atoms with Gasteiger partial charge < -0.3 is 10.6 Å². The van der Waals surface area contributed by atoms with E-state index in [0.717, 1.165) is 48.6 Å². The average molecular weight is 512 g/mol. The second kappa shape index (κ2) is 11.1. The Labute approximate surface area is 222 Å². The number of hydrogen-bond donors (Lipinski definition) is 2. The third-order valence-corrected chi connectivity index (χ3v) is 8.23. The van der Waals surface area contributed by atoms with Gasteiger partial charge in [-0.25, -0.2) is 24.3 Å². The van der Waals surface area contributed by atoms with Gasteiger partial charge in [-0.05, 0) is 99.2 Å². The summed E-state index contributed by atoms with van der Waals surface area (Å²) in [6, 6.07) is 6.67. The number of rotatable bonds is 8. The van der Waals surface area contributed by atoms with Crippen LogP contribution in [0.2, 0.25) is 0 Å². The zero-order valence-corrected chi connectivity index (χ0v) is 21.8. The zero-order valence-electron chi connectivity index (χ0n) is 21.8. The first kappa shape index (κ1) is 24.8. The molecule has 0 bridgehead atoms. The fourth-order valence-corrected chi connectivity index (χ4v) is 5.79. The van der Waals surface area contributed by atoms with Crippen molar-refractivity contribution in [3.8, 4) is 11.4 Å². The Kier molecular flexibility index (Phi) is 7.22. The Hall–Kier alpha value is -3.52. The first-order chi connectivity index (χ1) is 18.7. The van der Waals surface area contributed by atoms with Crippen LogP contribution in [-0.4, -0.2) is 38.0 Å². The highest BCUT2D eigenvalue weighted by molar-refractivity contribution is 5.86. The Balaban J connectivity index is 1.33. The monoisotopic (exact) mass is 511 g/mol. The van der Waals surface area contributed by atoms with Crippen molar-refractivity contribution in [2.45, 2.75) is 57.8 Å². The first-order valence-corrected chi connectivity index (χ1v) is 13.8. The Bertz CT molecular complexity index is 1420. The summed E-state index contributed by atoms with van der Waals surface area (Å²) in [5.41, 5.74) is 4.13. The highest BCUT2D eigenvalue weighted by Crippen LogP contribution is 2.40. The number of hydrogen-bond acceptors (Lipinski definition) is 7. The quantitative estimate of drug-likeness (QED) is 0.291. The van der Waals surface area contributed by atoms with Crippen LogP contribution in [0.4, 0.5) is 16.0 Å². The minimum Gasteiger partial charge on any atom is -0.322 e. The normalized spacial score (nSPS) is 19.8. The maximum atomic E-state index is 14.2. The molecule has 2 N–H and O–H groups in total. The second-order valence-electron chi connectivity index (χ2n) is 10.8. The molecule has 1 saturated heterocycles. The molecule has 1 aliphatic heterocycles. The predicted octanol–water partition coefficient (Wildman–Crippen LogP) is 6.20. The van der Waals surface area contributed by atoms with Crippen molar-refractivity contribution in [1.29, 1.82) is 0 Å². The van der Waals surface area contributed by atoms with Crippen LogP contribution in [0.5, 0.6) is 0 Å². The van der Waals surface area contributed by atoms with Crippen LogP contribution in [0.3, 0.4) is 0 Å². The number of aromatic nitrogens is 5. The van der Waals surface area contributed by atoms with Gasteiger partial charge in [-0.3, -0.25) is 4.98 Å². The standard InChI is InChI=1S/C30H34FN7/c1-19-16-32-13-10-20(19)5-3-9-25-28-23(21-6-2-7-21)17-33-18-26(28)37-29(36-25)22-11-14-34-27(15-22)38-30-24(31)8-4-12-35-30/h4,8,11-12,14-15,17-21,32H,2-3,5-7,9-10,13,16H2,1H3,(H,34,35,38)/t19-,20-/m1/s1. The van der Waals surface area contributed by atoms with Crippen molar-refractivity contribution in [2.75, 3.05) is 18.4 Å². The van der Waals surface area contributed by atoms with Gasteiger partial charge in [0.05, 0.1) is 17.4 Å². The van der Waals surface area contributed by atoms with Crippen LogP contribution in [-0.2, 0) is 6.42 Å². The average Bonchev–Trinajstić information content (AvgIpc) is 2.90. The lowest BCUT2D eigenvalue weighted by atomic mass is 9.79. The summed E-state index contributed by atoms with van der Waals surface area (Å²) in [5, 5.41) is 7.68. The summed E-state index contributed by atoms with van der Waals surface area (Å²) in [6.07, 6.45) is 15.3. The fourth-order valence-electron chi connectivity index (χ4n) is 5.79. The van der Waals surface area contributed by atoms with E-state index >= 15 is 0 Å². The maximum absolute atomic E-state index is 14.2. The summed E-state index contributed by atoms with van der Waals surface area (Å²) in [6.45, 7) is 4.60. The second-order valence-corrected chi connectivity index (χ2v) is 10.8. The van der Waals surface area contributed by atoms with Crippen molar-refractivity contribution in [1.82, 2.24) is 30.2 Å². The first-order valence-electron chi connectivity index (χ1n) is 13.8. The largest absolute Gasteiger partial charge is 0.322 e. The summed E-state index contributed by atoms with van der Waals surface area (Å²) in [5.74, 6) is 2.86. The highest BCUT2D eigenvalue weighted by Gasteiger charge is 2.25. The smallest absolute Gasteiger partial charge is 0.167 e. The molecule has 0 amide bonds. The van der Waals surface area contributed by atoms with E-state index in [1.165, 1.54) is 49.1 Å². The molecule has 0 spiro atoms. The molecule has 38 heavy (non-hydrogen) atoms. The number of anilines is 2. The number of piperidine rings is 1. The van der Waals surface area contributed by atoms with Gasteiger partial charge in [-0.1, -0.05) is 13.3 Å².